The number of nitrogens with zero attached hydrogens (tertiary/aromatic N) is 1. The number of ether oxygens (including phenoxy) is 3. The summed E-state index contributed by atoms with van der Waals surface area (Å²) in [4.78, 5) is 76.7. The number of nitrogens with one attached hydrogen (secondary N) is 4. The third kappa shape index (κ3) is 14.8. The molecule has 3 atom stereocenters. The van der Waals surface area contributed by atoms with Gasteiger partial charge in [0.2, 0.25) is 23.6 Å². The highest BCUT2D eigenvalue weighted by molar-refractivity contribution is 8.00. The second-order valence-corrected chi connectivity index (χ2v) is 22.5. The van der Waals surface area contributed by atoms with E-state index in [4.69, 9.17) is 14.2 Å². The first-order valence-electron chi connectivity index (χ1n) is 24.9. The smallest absolute Gasteiger partial charge is 0.336 e. The fourth-order valence-corrected chi connectivity index (χ4v) is 12.1. The lowest BCUT2D eigenvalue weighted by Crippen LogP contribution is -2.43. The molecule has 2 fully saturated rings. The minimum atomic E-state index is -4.88. The Balaban J connectivity index is 0.836. The van der Waals surface area contributed by atoms with Gasteiger partial charge in [0.05, 0.1) is 54.4 Å². The van der Waals surface area contributed by atoms with E-state index in [0.29, 0.717) is 53.0 Å². The van der Waals surface area contributed by atoms with Gasteiger partial charge in [-0.3, -0.25) is 28.5 Å². The molecule has 4 amide bonds. The summed E-state index contributed by atoms with van der Waals surface area (Å²) >= 11 is -2.21. The highest BCUT2D eigenvalue weighted by Gasteiger charge is 2.41. The Morgan fingerprint density at radius 2 is 1.53 bits per heavy atom. The molecule has 79 heavy (non-hydrogen) atoms. The number of rotatable bonds is 25. The number of phenols is 1. The fraction of sp³-hybridized carbons (Fsp3) is 0.385. The number of fused-ring (bicyclic) bond motifs is 2. The van der Waals surface area contributed by atoms with Crippen LogP contribution in [0.25, 0.3) is 12.2 Å². The number of amides is 4. The maximum atomic E-state index is 15.7. The third-order valence-electron chi connectivity index (χ3n) is 13.0. The first kappa shape index (κ1) is 59.6. The van der Waals surface area contributed by atoms with Crippen LogP contribution in [0.4, 0.5) is 30.2 Å². The van der Waals surface area contributed by atoms with Crippen molar-refractivity contribution in [1.29, 1.82) is 0 Å². The van der Waals surface area contributed by atoms with Gasteiger partial charge in [-0.05, 0) is 54.0 Å². The van der Waals surface area contributed by atoms with Gasteiger partial charge < -0.3 is 45.5 Å². The molecule has 2 heterocycles. The lowest BCUT2D eigenvalue weighted by Gasteiger charge is -2.25. The molecule has 4 aromatic rings. The maximum Gasteiger partial charge on any atom is 0.336 e. The van der Waals surface area contributed by atoms with Gasteiger partial charge in [0, 0.05) is 60.0 Å². The van der Waals surface area contributed by atoms with Gasteiger partial charge >= 0.3 is 11.9 Å². The van der Waals surface area contributed by atoms with Crippen molar-refractivity contribution >= 4 is 97.6 Å². The molecule has 2 aliphatic heterocycles. The number of phenolic OH excluding ortho intramolecular Hbond substituents is 1. The van der Waals surface area contributed by atoms with Gasteiger partial charge in [-0.2, -0.15) is 0 Å². The number of carboxylic acids is 2. The predicted octanol–water partition coefficient (Wildman–Crippen LogP) is 4.68. The van der Waals surface area contributed by atoms with E-state index >= 15 is 8.78 Å². The van der Waals surface area contributed by atoms with Crippen molar-refractivity contribution in [3.05, 3.63) is 99.2 Å². The number of halogens is 3. The van der Waals surface area contributed by atoms with Crippen LogP contribution >= 0.6 is 11.8 Å². The Bertz CT molecular complexity index is 3290. The Labute approximate surface area is 457 Å². The largest absolute Gasteiger partial charge is 0.508 e. The van der Waals surface area contributed by atoms with Gasteiger partial charge in [-0.15, -0.1) is 11.8 Å². The number of anilines is 3. The zero-order valence-corrected chi connectivity index (χ0v) is 44.6. The van der Waals surface area contributed by atoms with Gasteiger partial charge in [0.25, 0.3) is 11.3 Å². The van der Waals surface area contributed by atoms with E-state index in [1.165, 1.54) is 30.3 Å². The second kappa shape index (κ2) is 26.7. The summed E-state index contributed by atoms with van der Waals surface area (Å²) in [7, 11) is -4.88. The van der Waals surface area contributed by atoms with Crippen LogP contribution < -0.4 is 40.7 Å². The van der Waals surface area contributed by atoms with E-state index in [1.54, 1.807) is 29.0 Å². The molecule has 4 aromatic carbocycles. The predicted molar refractivity (Wildman–Crippen MR) is 284 cm³/mol. The van der Waals surface area contributed by atoms with Gasteiger partial charge in [0.15, 0.2) is 27.3 Å². The number of aromatic carboxylic acids is 1. The molecule has 424 valence electrons. The number of aromatic hydroxyl groups is 1. The Kier molecular flexibility index (Phi) is 20.2. The van der Waals surface area contributed by atoms with Crippen molar-refractivity contribution in [2.24, 2.45) is 0 Å². The Morgan fingerprint density at radius 1 is 0.835 bits per heavy atom. The van der Waals surface area contributed by atoms with Crippen molar-refractivity contribution in [3.63, 3.8) is 0 Å². The molecule has 1 aliphatic carbocycles. The van der Waals surface area contributed by atoms with Crippen LogP contribution in [-0.2, 0) is 54.6 Å². The normalized spacial score (nSPS) is 16.4. The van der Waals surface area contributed by atoms with Crippen LogP contribution in [-0.4, -0.2) is 130 Å². The van der Waals surface area contributed by atoms with Gasteiger partial charge in [-0.1, -0.05) is 56.9 Å². The summed E-state index contributed by atoms with van der Waals surface area (Å²) in [6.07, 6.45) is 3.68. The molecule has 0 radical (unpaired) electrons. The lowest BCUT2D eigenvalue weighted by atomic mass is 9.89. The van der Waals surface area contributed by atoms with E-state index in [2.05, 4.69) is 22.5 Å². The summed E-state index contributed by atoms with van der Waals surface area (Å²) in [5, 5.41) is 38.0. The minimum Gasteiger partial charge on any atom is -0.508 e. The first-order valence-corrected chi connectivity index (χ1v) is 28.7. The van der Waals surface area contributed by atoms with E-state index in [1.807, 2.05) is 0 Å². The summed E-state index contributed by atoms with van der Waals surface area (Å²) in [5.41, 5.74) is -1.38. The number of carbonyl (C=O) groups excluding carboxylic acids is 4. The molecule has 3 unspecified atom stereocenters. The number of aliphatic carboxylic acids is 1. The number of benzene rings is 4. The van der Waals surface area contributed by atoms with Crippen molar-refractivity contribution in [3.8, 4) is 17.2 Å². The molecule has 0 spiro atoms. The standard InChI is InChI=1S/C52H56F3N5O16S3/c1-28-9-12-33-37(23-28)76-38-25-31(61)11-14-34(38)43(33)32-13-10-30(24-35(32)51(66)67)60-42(64)26-39(50(60)65)77-27-36(52(68)69)58-41(63)15-18-74-20-21-75-19-17-56-40(62)16-22-79(72,73)49-45(54)44(53)47(59-78(70)71)46(55)48(49)57-29-7-5-3-2-4-6-8-29/h9-14,23-25,29,36,39,57,59,61H,1-8,15-22,26-27H2,(H,56,62)(H,58,63)(H,66,67)(H,68,69)(H,70,71). The first-order chi connectivity index (χ1) is 37.6. The molecule has 0 aromatic heterocycles. The fourth-order valence-electron chi connectivity index (χ4n) is 9.15. The van der Waals surface area contributed by atoms with E-state index in [0.717, 1.165) is 35.9 Å². The number of hydrogen-bond acceptors (Lipinski definition) is 15. The van der Waals surface area contributed by atoms with E-state index in [9.17, 15) is 65.7 Å². The highest BCUT2D eigenvalue weighted by atomic mass is 32.2. The molecule has 27 heteroatoms. The second-order valence-electron chi connectivity index (χ2n) is 18.5. The number of carbonyl (C=O) groups is 6. The van der Waals surface area contributed by atoms with Crippen molar-refractivity contribution in [1.82, 2.24) is 10.6 Å². The van der Waals surface area contributed by atoms with Crippen LogP contribution in [0.15, 0.2) is 59.5 Å². The quantitative estimate of drug-likeness (QED) is 0.0170. The number of imide groups is 1. The van der Waals surface area contributed by atoms with Crippen LogP contribution in [0.5, 0.6) is 17.2 Å². The van der Waals surface area contributed by atoms with E-state index < -0.39 is 120 Å². The molecule has 0 bridgehead atoms. The number of hydrogen-bond donors (Lipinski definition) is 8. The van der Waals surface area contributed by atoms with Crippen molar-refractivity contribution in [2.75, 3.05) is 59.4 Å². The Hall–Kier alpha value is -7.04. The average Bonchev–Trinajstić information content (AvgIpc) is 3.75. The zero-order chi connectivity index (χ0) is 57.1. The van der Waals surface area contributed by atoms with E-state index in [-0.39, 0.29) is 79.9 Å². The van der Waals surface area contributed by atoms with Crippen LogP contribution in [0, 0.1) is 17.5 Å². The zero-order valence-electron chi connectivity index (χ0n) is 42.1. The number of sulfone groups is 1. The van der Waals surface area contributed by atoms with Crippen LogP contribution in [0.3, 0.4) is 0 Å². The van der Waals surface area contributed by atoms with Crippen molar-refractivity contribution < 1.29 is 88.6 Å². The molecule has 3 aliphatic rings. The average molecular weight is 1160 g/mol. The van der Waals surface area contributed by atoms with Crippen molar-refractivity contribution in [2.45, 2.75) is 86.4 Å². The summed E-state index contributed by atoms with van der Waals surface area (Å²) < 4.78 is 112. The molecule has 1 saturated heterocycles. The molecule has 1 saturated carbocycles. The molecular weight excluding hydrogens is 1100 g/mol. The Morgan fingerprint density at radius 3 is 2.23 bits per heavy atom. The lowest BCUT2D eigenvalue weighted by molar-refractivity contribution is -0.141. The van der Waals surface area contributed by atoms with Gasteiger partial charge in [0.1, 0.15) is 33.9 Å². The summed E-state index contributed by atoms with van der Waals surface area (Å²) in [6.45, 7) is 3.48. The summed E-state index contributed by atoms with van der Waals surface area (Å²) in [5.74, 6) is -12.2. The van der Waals surface area contributed by atoms with Crippen LogP contribution in [0.1, 0.15) is 85.7 Å². The maximum absolute atomic E-state index is 15.7. The highest BCUT2D eigenvalue weighted by Crippen LogP contribution is 2.41. The summed E-state index contributed by atoms with van der Waals surface area (Å²) in [6, 6.07) is 11.6. The SMILES string of the molecule is C=c1ccc2c(c1)Oc1cc(O)ccc1C=2c1ccc(N2C(=O)CC(SCC(NC(=O)CCOCCOCCNC(=O)CCS(=O)(=O)c3c(F)c(F)c(NS(=O)O)c(F)c3NC3CCCCCCC3)C(=O)O)C2=O)cc1C(=O)O. The monoisotopic (exact) mass is 1160 g/mol. The number of carboxylic acid groups (broad SMARTS) is 2. The molecular formula is C52H56F3N5O16S3. The molecule has 21 nitrogen and oxygen atoms in total. The minimum absolute atomic E-state index is 0.0308. The topological polar surface area (TPSA) is 314 Å². The van der Waals surface area contributed by atoms with Crippen LogP contribution in [0.2, 0.25) is 0 Å². The molecule has 7 rings (SSSR count). The number of thioether (sulfide) groups is 1. The third-order valence-corrected chi connectivity index (χ3v) is 16.4. The molecule has 8 N–H and O–H groups in total. The van der Waals surface area contributed by atoms with Gasteiger partial charge in [-0.25, -0.2) is 40.3 Å².